The normalized spacial score (nSPS) is 14.9. The van der Waals surface area contributed by atoms with Crippen LogP contribution in [0.5, 0.6) is 5.75 Å². The summed E-state index contributed by atoms with van der Waals surface area (Å²) in [6, 6.07) is 4.22. The van der Waals surface area contributed by atoms with Gasteiger partial charge < -0.3 is 19.9 Å². The number of hydrogen-bond acceptors (Lipinski definition) is 7. The van der Waals surface area contributed by atoms with Crippen LogP contribution < -0.4 is 15.0 Å². The van der Waals surface area contributed by atoms with Gasteiger partial charge in [-0.05, 0) is 49.4 Å². The molecule has 1 saturated heterocycles. The third-order valence-electron chi connectivity index (χ3n) is 6.96. The van der Waals surface area contributed by atoms with Crippen LogP contribution in [0.4, 0.5) is 5.82 Å². The van der Waals surface area contributed by atoms with Gasteiger partial charge in [0.15, 0.2) is 11.4 Å². The van der Waals surface area contributed by atoms with Gasteiger partial charge in [0, 0.05) is 36.7 Å². The van der Waals surface area contributed by atoms with Crippen molar-refractivity contribution < 1.29 is 9.53 Å². The van der Waals surface area contributed by atoms with Crippen LogP contribution in [0.2, 0.25) is 0 Å². The van der Waals surface area contributed by atoms with Crippen LogP contribution in [0.25, 0.3) is 27.8 Å². The summed E-state index contributed by atoms with van der Waals surface area (Å²) in [4.78, 5) is 27.1. The minimum atomic E-state index is 0.299. The molecule has 4 aromatic heterocycles. The lowest BCUT2D eigenvalue weighted by Gasteiger charge is -2.32. The number of nitrogens with one attached hydrogen (secondary N) is 2. The van der Waals surface area contributed by atoms with E-state index in [0.29, 0.717) is 42.0 Å². The number of likely N-dealkylation sites (N-methyl/N-ethyl adjacent to an activating group) is 1. The Hall–Kier alpha value is -3.46. The first-order valence-electron chi connectivity index (χ1n) is 12.3. The van der Waals surface area contributed by atoms with Crippen LogP contribution in [-0.2, 0) is 4.79 Å². The summed E-state index contributed by atoms with van der Waals surface area (Å²) >= 11 is 0. The Morgan fingerprint density at radius 2 is 2.06 bits per heavy atom. The molecule has 0 amide bonds. The van der Waals surface area contributed by atoms with E-state index in [-0.39, 0.29) is 0 Å². The molecular weight excluding hydrogens is 442 g/mol. The van der Waals surface area contributed by atoms with Crippen molar-refractivity contribution in [2.75, 3.05) is 38.7 Å². The highest BCUT2D eigenvalue weighted by atomic mass is 16.5. The van der Waals surface area contributed by atoms with Gasteiger partial charge in [-0.25, -0.2) is 14.5 Å². The van der Waals surface area contributed by atoms with Crippen LogP contribution in [0.3, 0.4) is 0 Å². The van der Waals surface area contributed by atoms with Crippen molar-refractivity contribution in [3.05, 3.63) is 36.4 Å². The molecule has 184 valence electrons. The van der Waals surface area contributed by atoms with E-state index < -0.39 is 0 Å². The number of rotatable bonds is 8. The molecule has 1 fully saturated rings. The topological polar surface area (TPSA) is 100 Å². The first-order chi connectivity index (χ1) is 17.0. The number of nitrogens with zero attached hydrogens (tertiary/aromatic N) is 5. The Morgan fingerprint density at radius 1 is 1.26 bits per heavy atom. The van der Waals surface area contributed by atoms with Gasteiger partial charge in [0.05, 0.1) is 31.1 Å². The molecule has 2 N–H and O–H groups in total. The van der Waals surface area contributed by atoms with Gasteiger partial charge in [0.2, 0.25) is 0 Å². The number of H-pyrrole nitrogens is 1. The zero-order chi connectivity index (χ0) is 24.5. The number of anilines is 1. The molecule has 9 nitrogen and oxygen atoms in total. The Labute approximate surface area is 204 Å². The van der Waals surface area contributed by atoms with E-state index in [0.717, 1.165) is 48.5 Å². The standard InChI is InChI=1S/C26H33N7O2/c1-16(2)24-20-11-23(32-7-5-17(6-8-32)9-19(34)12-27-3)28-13-21(20)31-25(24)18-10-22(35-4)26-29-15-30-33(26)14-18/h10-11,13-17,27,31H,5-9,12H2,1-4H3. The van der Waals surface area contributed by atoms with E-state index >= 15 is 0 Å². The Morgan fingerprint density at radius 3 is 2.77 bits per heavy atom. The molecule has 35 heavy (non-hydrogen) atoms. The minimum absolute atomic E-state index is 0.299. The van der Waals surface area contributed by atoms with E-state index in [4.69, 9.17) is 9.72 Å². The molecule has 0 spiro atoms. The summed E-state index contributed by atoms with van der Waals surface area (Å²) in [5.41, 5.74) is 4.99. The van der Waals surface area contributed by atoms with E-state index in [1.54, 1.807) is 11.6 Å². The van der Waals surface area contributed by atoms with Crippen LogP contribution in [-0.4, -0.2) is 64.1 Å². The van der Waals surface area contributed by atoms with Gasteiger partial charge in [0.1, 0.15) is 17.9 Å². The van der Waals surface area contributed by atoms with Crippen LogP contribution >= 0.6 is 0 Å². The first kappa shape index (κ1) is 23.3. The minimum Gasteiger partial charge on any atom is -0.493 e. The first-order valence-corrected chi connectivity index (χ1v) is 12.3. The maximum atomic E-state index is 12.0. The van der Waals surface area contributed by atoms with Gasteiger partial charge >= 0.3 is 0 Å². The smallest absolute Gasteiger partial charge is 0.197 e. The average molecular weight is 476 g/mol. The summed E-state index contributed by atoms with van der Waals surface area (Å²) in [5.74, 6) is 2.74. The van der Waals surface area contributed by atoms with E-state index in [1.165, 1.54) is 17.3 Å². The number of methoxy groups -OCH3 is 1. The number of ether oxygens (including phenoxy) is 1. The number of aromatic amines is 1. The summed E-state index contributed by atoms with van der Waals surface area (Å²) in [7, 11) is 3.47. The highest BCUT2D eigenvalue weighted by Crippen LogP contribution is 2.38. The van der Waals surface area contributed by atoms with Gasteiger partial charge in [-0.1, -0.05) is 13.8 Å². The molecule has 5 rings (SSSR count). The maximum Gasteiger partial charge on any atom is 0.197 e. The molecule has 0 atom stereocenters. The van der Waals surface area contributed by atoms with Gasteiger partial charge in [0.25, 0.3) is 0 Å². The number of pyridine rings is 2. The number of hydrogen-bond donors (Lipinski definition) is 2. The van der Waals surface area contributed by atoms with Gasteiger partial charge in [-0.15, -0.1) is 0 Å². The lowest BCUT2D eigenvalue weighted by atomic mass is 9.91. The van der Waals surface area contributed by atoms with Crippen molar-refractivity contribution in [3.8, 4) is 17.0 Å². The number of carbonyl (C=O) groups is 1. The quantitative estimate of drug-likeness (QED) is 0.400. The largest absolute Gasteiger partial charge is 0.493 e. The number of fused-ring (bicyclic) bond motifs is 2. The van der Waals surface area contributed by atoms with Crippen molar-refractivity contribution in [1.29, 1.82) is 0 Å². The predicted molar refractivity (Wildman–Crippen MR) is 137 cm³/mol. The number of ketones is 1. The lowest BCUT2D eigenvalue weighted by molar-refractivity contribution is -0.119. The predicted octanol–water partition coefficient (Wildman–Crippen LogP) is 3.80. The van der Waals surface area contributed by atoms with Crippen molar-refractivity contribution in [1.82, 2.24) is 29.9 Å². The van der Waals surface area contributed by atoms with Crippen molar-refractivity contribution in [2.45, 2.75) is 39.0 Å². The fourth-order valence-corrected chi connectivity index (χ4v) is 5.24. The summed E-state index contributed by atoms with van der Waals surface area (Å²) in [6.45, 7) is 6.73. The lowest BCUT2D eigenvalue weighted by Crippen LogP contribution is -2.35. The van der Waals surface area contributed by atoms with Gasteiger partial charge in [-0.2, -0.15) is 5.10 Å². The summed E-state index contributed by atoms with van der Waals surface area (Å²) in [5, 5.41) is 8.47. The Bertz CT molecular complexity index is 1350. The van der Waals surface area contributed by atoms with Crippen LogP contribution in [0.1, 0.15) is 44.6 Å². The third kappa shape index (κ3) is 4.48. The van der Waals surface area contributed by atoms with Crippen LogP contribution in [0.15, 0.2) is 30.9 Å². The highest BCUT2D eigenvalue weighted by molar-refractivity contribution is 5.92. The van der Waals surface area contributed by atoms with E-state index in [9.17, 15) is 4.79 Å². The Balaban J connectivity index is 1.46. The van der Waals surface area contributed by atoms with Crippen LogP contribution in [0, 0.1) is 5.92 Å². The molecule has 0 saturated carbocycles. The number of Topliss-reactive ketones (excluding diaryl/α,β-unsaturated/α-hetero) is 1. The molecule has 0 radical (unpaired) electrons. The third-order valence-corrected chi connectivity index (χ3v) is 6.96. The average Bonchev–Trinajstić information content (AvgIpc) is 3.48. The van der Waals surface area contributed by atoms with Crippen molar-refractivity contribution in [3.63, 3.8) is 0 Å². The molecule has 0 aliphatic carbocycles. The molecule has 0 aromatic carbocycles. The fraction of sp³-hybridized carbons (Fsp3) is 0.462. The Kier molecular flexibility index (Phi) is 6.42. The zero-order valence-corrected chi connectivity index (χ0v) is 20.8. The van der Waals surface area contributed by atoms with Crippen molar-refractivity contribution in [2.24, 2.45) is 5.92 Å². The molecule has 1 aliphatic heterocycles. The molecule has 9 heteroatoms. The molecule has 0 bridgehead atoms. The molecular formula is C26H33N7O2. The maximum absolute atomic E-state index is 12.0. The van der Waals surface area contributed by atoms with E-state index in [1.807, 2.05) is 25.5 Å². The second-order valence-electron chi connectivity index (χ2n) is 9.69. The SMILES string of the molecule is CNCC(=O)CC1CCN(c2cc3c(C(C)C)c(-c4cc(OC)c5ncnn5c4)[nH]c3cn2)CC1. The summed E-state index contributed by atoms with van der Waals surface area (Å²) < 4.78 is 7.34. The summed E-state index contributed by atoms with van der Waals surface area (Å²) in [6.07, 6.45) is 8.15. The van der Waals surface area contributed by atoms with Crippen molar-refractivity contribution >= 4 is 28.2 Å². The molecule has 4 aromatic rings. The number of aromatic nitrogens is 5. The number of piperidine rings is 1. The molecule has 1 aliphatic rings. The highest BCUT2D eigenvalue weighted by Gasteiger charge is 2.24. The second-order valence-corrected chi connectivity index (χ2v) is 9.69. The second kappa shape index (κ2) is 9.65. The van der Waals surface area contributed by atoms with Gasteiger partial charge in [-0.3, -0.25) is 4.79 Å². The zero-order valence-electron chi connectivity index (χ0n) is 20.8. The molecule has 0 unspecified atom stereocenters. The monoisotopic (exact) mass is 475 g/mol. The molecule has 5 heterocycles. The fourth-order valence-electron chi connectivity index (χ4n) is 5.24. The van der Waals surface area contributed by atoms with E-state index in [2.05, 4.69) is 45.2 Å². The number of carbonyl (C=O) groups excluding carboxylic acids is 1.